The van der Waals surface area contributed by atoms with Crippen molar-refractivity contribution in [3.05, 3.63) is 69.9 Å². The van der Waals surface area contributed by atoms with E-state index in [-0.39, 0.29) is 19.0 Å². The molecule has 4 rings (SSSR count). The van der Waals surface area contributed by atoms with Crippen molar-refractivity contribution in [2.75, 3.05) is 0 Å². The maximum atomic E-state index is 12.5. The molecular weight excluding hydrogens is 394 g/mol. The van der Waals surface area contributed by atoms with Gasteiger partial charge in [0.05, 0.1) is 17.6 Å². The number of thiazole rings is 1. The SMILES string of the molecule is CCc1nc(-c2ccc(C)cc2C)sc1CC(=O)OCc1ccc2nn(C)cc2c1. The minimum Gasteiger partial charge on any atom is -0.461 e. The van der Waals surface area contributed by atoms with Crippen LogP contribution in [0.3, 0.4) is 0 Å². The van der Waals surface area contributed by atoms with E-state index in [1.54, 1.807) is 16.0 Å². The van der Waals surface area contributed by atoms with Crippen molar-refractivity contribution in [2.45, 2.75) is 40.2 Å². The lowest BCUT2D eigenvalue weighted by molar-refractivity contribution is -0.144. The molecule has 0 spiro atoms. The number of hydrogen-bond donors (Lipinski definition) is 0. The van der Waals surface area contributed by atoms with Crippen LogP contribution in [0.4, 0.5) is 0 Å². The first-order chi connectivity index (χ1) is 14.4. The molecule has 2 heterocycles. The molecule has 0 saturated heterocycles. The first-order valence-corrected chi connectivity index (χ1v) is 10.9. The van der Waals surface area contributed by atoms with E-state index in [1.165, 1.54) is 11.1 Å². The van der Waals surface area contributed by atoms with Crippen molar-refractivity contribution in [2.24, 2.45) is 7.05 Å². The van der Waals surface area contributed by atoms with Crippen LogP contribution in [0.15, 0.2) is 42.6 Å². The Balaban J connectivity index is 1.46. The molecule has 0 aliphatic heterocycles. The highest BCUT2D eigenvalue weighted by Gasteiger charge is 2.16. The van der Waals surface area contributed by atoms with E-state index in [9.17, 15) is 4.79 Å². The summed E-state index contributed by atoms with van der Waals surface area (Å²) in [7, 11) is 1.90. The van der Waals surface area contributed by atoms with Gasteiger partial charge in [0.1, 0.15) is 11.6 Å². The molecule has 0 fully saturated rings. The van der Waals surface area contributed by atoms with Gasteiger partial charge in [0.25, 0.3) is 0 Å². The molecule has 4 aromatic rings. The molecule has 2 aromatic heterocycles. The van der Waals surface area contributed by atoms with Gasteiger partial charge in [-0.3, -0.25) is 9.48 Å². The van der Waals surface area contributed by atoms with Gasteiger partial charge in [-0.15, -0.1) is 11.3 Å². The summed E-state index contributed by atoms with van der Waals surface area (Å²) in [5, 5.41) is 6.37. The summed E-state index contributed by atoms with van der Waals surface area (Å²) in [6.07, 6.45) is 3.00. The summed E-state index contributed by atoms with van der Waals surface area (Å²) < 4.78 is 7.34. The number of hydrogen-bond acceptors (Lipinski definition) is 5. The molecule has 0 saturated carbocycles. The van der Waals surface area contributed by atoms with Gasteiger partial charge < -0.3 is 4.74 Å². The number of aryl methyl sites for hydroxylation is 4. The van der Waals surface area contributed by atoms with Crippen molar-refractivity contribution >= 4 is 28.2 Å². The van der Waals surface area contributed by atoms with Gasteiger partial charge in [0.2, 0.25) is 0 Å². The van der Waals surface area contributed by atoms with Crippen molar-refractivity contribution in [3.63, 3.8) is 0 Å². The number of benzene rings is 2. The van der Waals surface area contributed by atoms with E-state index in [0.29, 0.717) is 0 Å². The normalized spacial score (nSPS) is 11.2. The highest BCUT2D eigenvalue weighted by atomic mass is 32.1. The van der Waals surface area contributed by atoms with Crippen LogP contribution in [0.25, 0.3) is 21.5 Å². The Hall–Kier alpha value is -2.99. The molecule has 0 bridgehead atoms. The largest absolute Gasteiger partial charge is 0.461 e. The van der Waals surface area contributed by atoms with E-state index in [1.807, 2.05) is 31.4 Å². The van der Waals surface area contributed by atoms with Crippen LogP contribution < -0.4 is 0 Å². The fourth-order valence-corrected chi connectivity index (χ4v) is 4.83. The zero-order chi connectivity index (χ0) is 21.3. The molecule has 0 N–H and O–H groups in total. The third-order valence-electron chi connectivity index (χ3n) is 5.11. The fraction of sp³-hybridized carbons (Fsp3) is 0.292. The summed E-state index contributed by atoms with van der Waals surface area (Å²) in [5.74, 6) is -0.230. The summed E-state index contributed by atoms with van der Waals surface area (Å²) in [4.78, 5) is 18.3. The van der Waals surface area contributed by atoms with Gasteiger partial charge in [-0.05, 0) is 43.5 Å². The minimum atomic E-state index is -0.230. The van der Waals surface area contributed by atoms with Gasteiger partial charge in [0.15, 0.2) is 0 Å². The second kappa shape index (κ2) is 8.40. The minimum absolute atomic E-state index is 0.230. The molecule has 30 heavy (non-hydrogen) atoms. The number of carbonyl (C=O) groups excluding carboxylic acids is 1. The van der Waals surface area contributed by atoms with Crippen LogP contribution in [-0.2, 0) is 36.0 Å². The number of ether oxygens (including phenoxy) is 1. The molecule has 0 aliphatic carbocycles. The maximum Gasteiger partial charge on any atom is 0.311 e. The van der Waals surface area contributed by atoms with E-state index < -0.39 is 0 Å². The first-order valence-electron chi connectivity index (χ1n) is 10.1. The molecule has 6 heteroatoms. The molecule has 0 radical (unpaired) electrons. The van der Waals surface area contributed by atoms with Crippen LogP contribution in [0.5, 0.6) is 0 Å². The summed E-state index contributed by atoms with van der Waals surface area (Å²) in [5.41, 5.74) is 6.43. The van der Waals surface area contributed by atoms with Crippen LogP contribution in [0.1, 0.15) is 34.2 Å². The Morgan fingerprint density at radius 2 is 2.00 bits per heavy atom. The Bertz CT molecular complexity index is 1220. The topological polar surface area (TPSA) is 57.0 Å². The van der Waals surface area contributed by atoms with Crippen LogP contribution >= 0.6 is 11.3 Å². The van der Waals surface area contributed by atoms with E-state index in [4.69, 9.17) is 9.72 Å². The molecule has 2 aromatic carbocycles. The molecule has 5 nitrogen and oxygen atoms in total. The average Bonchev–Trinajstić information content (AvgIpc) is 3.27. The first kappa shape index (κ1) is 20.3. The maximum absolute atomic E-state index is 12.5. The number of esters is 1. The van der Waals surface area contributed by atoms with Crippen LogP contribution in [0, 0.1) is 13.8 Å². The third kappa shape index (κ3) is 4.28. The van der Waals surface area contributed by atoms with Crippen molar-refractivity contribution < 1.29 is 9.53 Å². The second-order valence-electron chi connectivity index (χ2n) is 7.59. The lowest BCUT2D eigenvalue weighted by atomic mass is 10.1. The van der Waals surface area contributed by atoms with Crippen LogP contribution in [0.2, 0.25) is 0 Å². The van der Waals surface area contributed by atoms with Crippen molar-refractivity contribution in [1.82, 2.24) is 14.8 Å². The summed E-state index contributed by atoms with van der Waals surface area (Å²) in [6.45, 7) is 6.51. The molecule has 0 aliphatic rings. The van der Waals surface area contributed by atoms with Gasteiger partial charge in [-0.1, -0.05) is 36.8 Å². The number of nitrogens with zero attached hydrogens (tertiary/aromatic N) is 3. The number of aromatic nitrogens is 3. The Labute approximate surface area is 180 Å². The van der Waals surface area contributed by atoms with Crippen molar-refractivity contribution in [1.29, 1.82) is 0 Å². The fourth-order valence-electron chi connectivity index (χ4n) is 3.60. The predicted octanol–water partition coefficient (Wildman–Crippen LogP) is 5.16. The molecule has 0 unspecified atom stereocenters. The quantitative estimate of drug-likeness (QED) is 0.405. The molecular formula is C24H25N3O2S. The average molecular weight is 420 g/mol. The standard InChI is InChI=1S/C24H25N3O2S/c1-5-20-22(30-24(25-20)19-8-6-15(2)10-16(19)3)12-23(28)29-14-17-7-9-21-18(11-17)13-27(4)26-21/h6-11,13H,5,12,14H2,1-4H3. The molecule has 0 atom stereocenters. The summed E-state index contributed by atoms with van der Waals surface area (Å²) in [6, 6.07) is 12.3. The lowest BCUT2D eigenvalue weighted by Crippen LogP contribution is -2.08. The smallest absolute Gasteiger partial charge is 0.311 e. The second-order valence-corrected chi connectivity index (χ2v) is 8.68. The van der Waals surface area contributed by atoms with Gasteiger partial charge in [0, 0.05) is 29.1 Å². The lowest BCUT2D eigenvalue weighted by Gasteiger charge is -2.05. The Morgan fingerprint density at radius 1 is 1.17 bits per heavy atom. The van der Waals surface area contributed by atoms with Gasteiger partial charge in [-0.25, -0.2) is 4.98 Å². The number of rotatable bonds is 6. The summed E-state index contributed by atoms with van der Waals surface area (Å²) >= 11 is 1.59. The molecule has 154 valence electrons. The zero-order valence-electron chi connectivity index (χ0n) is 17.7. The number of carbonyl (C=O) groups is 1. The van der Waals surface area contributed by atoms with E-state index >= 15 is 0 Å². The third-order valence-corrected chi connectivity index (χ3v) is 6.24. The van der Waals surface area contributed by atoms with Crippen LogP contribution in [-0.4, -0.2) is 20.7 Å². The highest BCUT2D eigenvalue weighted by Crippen LogP contribution is 2.31. The highest BCUT2D eigenvalue weighted by molar-refractivity contribution is 7.15. The monoisotopic (exact) mass is 419 g/mol. The predicted molar refractivity (Wildman–Crippen MR) is 121 cm³/mol. The van der Waals surface area contributed by atoms with Gasteiger partial charge in [-0.2, -0.15) is 5.10 Å². The van der Waals surface area contributed by atoms with E-state index in [2.05, 4.69) is 44.1 Å². The Kier molecular flexibility index (Phi) is 5.68. The Morgan fingerprint density at radius 3 is 2.77 bits per heavy atom. The number of fused-ring (bicyclic) bond motifs is 1. The van der Waals surface area contributed by atoms with Gasteiger partial charge >= 0.3 is 5.97 Å². The van der Waals surface area contributed by atoms with E-state index in [0.717, 1.165) is 44.0 Å². The molecule has 0 amide bonds. The zero-order valence-corrected chi connectivity index (χ0v) is 18.5. The van der Waals surface area contributed by atoms with Crippen molar-refractivity contribution in [3.8, 4) is 10.6 Å².